The van der Waals surface area contributed by atoms with Crippen molar-refractivity contribution in [3.63, 3.8) is 0 Å². The van der Waals surface area contributed by atoms with E-state index in [0.29, 0.717) is 11.5 Å². The van der Waals surface area contributed by atoms with E-state index in [0.717, 1.165) is 27.8 Å². The van der Waals surface area contributed by atoms with Gasteiger partial charge < -0.3 is 20.5 Å². The van der Waals surface area contributed by atoms with Crippen molar-refractivity contribution in [1.82, 2.24) is 14.5 Å². The van der Waals surface area contributed by atoms with Gasteiger partial charge in [0.15, 0.2) is 5.65 Å². The number of hydrogen-bond donors (Lipinski definition) is 3. The fourth-order valence-corrected chi connectivity index (χ4v) is 2.95. The predicted octanol–water partition coefficient (Wildman–Crippen LogP) is 2.87. The fourth-order valence-electron chi connectivity index (χ4n) is 2.95. The second-order valence-electron chi connectivity index (χ2n) is 5.75. The molecule has 124 valence electrons. The van der Waals surface area contributed by atoms with Gasteiger partial charge in [-0.3, -0.25) is 0 Å². The average molecular weight is 332 g/mol. The number of anilines is 1. The van der Waals surface area contributed by atoms with E-state index in [1.54, 1.807) is 12.1 Å². The molecule has 0 amide bonds. The molecule has 0 unspecified atom stereocenters. The molecule has 6 heteroatoms. The maximum atomic E-state index is 9.53. The summed E-state index contributed by atoms with van der Waals surface area (Å²) in [5.74, 6) is 0.595. The molecule has 0 saturated heterocycles. The van der Waals surface area contributed by atoms with Crippen molar-refractivity contribution in [3.8, 4) is 22.6 Å². The smallest absolute Gasteiger partial charge is 0.150 e. The molecule has 0 spiro atoms. The van der Waals surface area contributed by atoms with E-state index in [1.807, 2.05) is 47.2 Å². The highest BCUT2D eigenvalue weighted by atomic mass is 16.3. The summed E-state index contributed by atoms with van der Waals surface area (Å²) in [7, 11) is 0. The van der Waals surface area contributed by atoms with Crippen molar-refractivity contribution in [3.05, 3.63) is 66.6 Å². The summed E-state index contributed by atoms with van der Waals surface area (Å²) in [4.78, 5) is 8.51. The van der Waals surface area contributed by atoms with Crippen LogP contribution in [0, 0.1) is 0 Å². The number of hydrogen-bond acceptors (Lipinski definition) is 5. The van der Waals surface area contributed by atoms with Gasteiger partial charge in [-0.1, -0.05) is 24.3 Å². The number of aliphatic hydroxyl groups excluding tert-OH is 1. The highest BCUT2D eigenvalue weighted by molar-refractivity contribution is 6.01. The van der Waals surface area contributed by atoms with Crippen molar-refractivity contribution < 1.29 is 10.2 Å². The first-order chi connectivity index (χ1) is 12.2. The predicted molar refractivity (Wildman–Crippen MR) is 96.3 cm³/mol. The second-order valence-corrected chi connectivity index (χ2v) is 5.75. The van der Waals surface area contributed by atoms with Crippen LogP contribution in [-0.2, 0) is 6.61 Å². The van der Waals surface area contributed by atoms with Gasteiger partial charge in [0.25, 0.3) is 0 Å². The number of nitrogen functional groups attached to an aromatic ring is 1. The van der Waals surface area contributed by atoms with E-state index in [9.17, 15) is 10.2 Å². The number of fused-ring (bicyclic) bond motifs is 1. The maximum Gasteiger partial charge on any atom is 0.150 e. The first-order valence-corrected chi connectivity index (χ1v) is 7.78. The molecule has 0 atom stereocenters. The molecule has 2 aromatic heterocycles. The number of nitrogens with zero attached hydrogens (tertiary/aromatic N) is 3. The first kappa shape index (κ1) is 15.2. The van der Waals surface area contributed by atoms with Crippen LogP contribution in [0.3, 0.4) is 0 Å². The number of nitrogens with two attached hydrogens (primary N) is 1. The normalized spacial score (nSPS) is 11.1. The van der Waals surface area contributed by atoms with Crippen LogP contribution >= 0.6 is 0 Å². The molecule has 0 fully saturated rings. The Balaban J connectivity index is 2.00. The lowest BCUT2D eigenvalue weighted by Gasteiger charge is -2.06. The third kappa shape index (κ3) is 2.58. The Morgan fingerprint density at radius 2 is 1.84 bits per heavy atom. The Kier molecular flexibility index (Phi) is 3.59. The zero-order chi connectivity index (χ0) is 17.4. The topological polar surface area (TPSA) is 97.2 Å². The van der Waals surface area contributed by atoms with Crippen LogP contribution in [0.2, 0.25) is 0 Å². The van der Waals surface area contributed by atoms with E-state index in [4.69, 9.17) is 5.73 Å². The summed E-state index contributed by atoms with van der Waals surface area (Å²) in [5.41, 5.74) is 10.3. The van der Waals surface area contributed by atoms with Crippen LogP contribution in [0.1, 0.15) is 5.56 Å². The summed E-state index contributed by atoms with van der Waals surface area (Å²) in [5, 5.41) is 19.7. The standard InChI is InChI=1S/C19H16N4O2/c20-18-17-16(13-4-6-15(25)7-5-13)9-23(19(17)22-11-21-18)14-3-1-2-12(8-14)10-24/h1-9,11,24-25H,10H2,(H2,20,21,22). The molecule has 0 aliphatic carbocycles. The largest absolute Gasteiger partial charge is 0.508 e. The Morgan fingerprint density at radius 3 is 2.60 bits per heavy atom. The number of phenolic OH excluding ortho intramolecular Hbond substituents is 1. The Labute approximate surface area is 143 Å². The van der Waals surface area contributed by atoms with Crippen LogP contribution in [-0.4, -0.2) is 24.7 Å². The van der Waals surface area contributed by atoms with Gasteiger partial charge in [-0.2, -0.15) is 0 Å². The van der Waals surface area contributed by atoms with E-state index >= 15 is 0 Å². The maximum absolute atomic E-state index is 9.53. The number of aromatic nitrogens is 3. The summed E-state index contributed by atoms with van der Waals surface area (Å²) >= 11 is 0. The average Bonchev–Trinajstić information content (AvgIpc) is 3.03. The van der Waals surface area contributed by atoms with Gasteiger partial charge in [-0.15, -0.1) is 0 Å². The van der Waals surface area contributed by atoms with E-state index < -0.39 is 0 Å². The number of rotatable bonds is 3. The van der Waals surface area contributed by atoms with Crippen molar-refractivity contribution in [2.45, 2.75) is 6.61 Å². The van der Waals surface area contributed by atoms with E-state index in [-0.39, 0.29) is 12.4 Å². The van der Waals surface area contributed by atoms with Gasteiger partial charge in [0.2, 0.25) is 0 Å². The van der Waals surface area contributed by atoms with Gasteiger partial charge >= 0.3 is 0 Å². The number of phenols is 1. The van der Waals surface area contributed by atoms with Gasteiger partial charge in [0, 0.05) is 17.4 Å². The molecular weight excluding hydrogens is 316 g/mol. The molecule has 0 saturated carbocycles. The SMILES string of the molecule is Nc1ncnc2c1c(-c1ccc(O)cc1)cn2-c1cccc(CO)c1. The van der Waals surface area contributed by atoms with Gasteiger partial charge in [0.05, 0.1) is 12.0 Å². The summed E-state index contributed by atoms with van der Waals surface area (Å²) in [6, 6.07) is 14.5. The number of aliphatic hydroxyl groups is 1. The molecule has 4 rings (SSSR count). The molecule has 4 N–H and O–H groups in total. The van der Waals surface area contributed by atoms with Gasteiger partial charge in [0.1, 0.15) is 17.9 Å². The first-order valence-electron chi connectivity index (χ1n) is 7.78. The minimum Gasteiger partial charge on any atom is -0.508 e. The highest BCUT2D eigenvalue weighted by Gasteiger charge is 2.16. The Hall–Kier alpha value is -3.38. The number of aromatic hydroxyl groups is 1. The molecule has 25 heavy (non-hydrogen) atoms. The lowest BCUT2D eigenvalue weighted by Crippen LogP contribution is -1.97. The van der Waals surface area contributed by atoms with Crippen molar-refractivity contribution in [2.75, 3.05) is 5.73 Å². The third-order valence-electron chi connectivity index (χ3n) is 4.16. The van der Waals surface area contributed by atoms with E-state index in [1.165, 1.54) is 6.33 Å². The zero-order valence-corrected chi connectivity index (χ0v) is 13.3. The Bertz CT molecular complexity index is 1050. The lowest BCUT2D eigenvalue weighted by atomic mass is 10.1. The summed E-state index contributed by atoms with van der Waals surface area (Å²) in [6.07, 6.45) is 3.38. The molecule has 6 nitrogen and oxygen atoms in total. The van der Waals surface area contributed by atoms with Gasteiger partial charge in [-0.05, 0) is 35.4 Å². The quantitative estimate of drug-likeness (QED) is 0.536. The van der Waals surface area contributed by atoms with Crippen LogP contribution in [0.15, 0.2) is 61.1 Å². The molecule has 0 aliphatic rings. The monoisotopic (exact) mass is 332 g/mol. The molecule has 2 heterocycles. The zero-order valence-electron chi connectivity index (χ0n) is 13.3. The highest BCUT2D eigenvalue weighted by Crippen LogP contribution is 2.34. The molecular formula is C19H16N4O2. The van der Waals surface area contributed by atoms with Crippen molar-refractivity contribution in [1.29, 1.82) is 0 Å². The van der Waals surface area contributed by atoms with Crippen molar-refractivity contribution >= 4 is 16.9 Å². The lowest BCUT2D eigenvalue weighted by molar-refractivity contribution is 0.282. The molecule has 4 aromatic rings. The van der Waals surface area contributed by atoms with Crippen molar-refractivity contribution in [2.24, 2.45) is 0 Å². The molecule has 0 radical (unpaired) electrons. The fraction of sp³-hybridized carbons (Fsp3) is 0.0526. The van der Waals surface area contributed by atoms with E-state index in [2.05, 4.69) is 9.97 Å². The minimum absolute atomic E-state index is 0.0328. The second kappa shape index (κ2) is 5.92. The summed E-state index contributed by atoms with van der Waals surface area (Å²) in [6.45, 7) is -0.0328. The van der Waals surface area contributed by atoms with Crippen LogP contribution < -0.4 is 5.73 Å². The van der Waals surface area contributed by atoms with Crippen LogP contribution in [0.4, 0.5) is 5.82 Å². The molecule has 0 aliphatic heterocycles. The third-order valence-corrected chi connectivity index (χ3v) is 4.16. The minimum atomic E-state index is -0.0328. The summed E-state index contributed by atoms with van der Waals surface area (Å²) < 4.78 is 1.93. The Morgan fingerprint density at radius 1 is 1.04 bits per heavy atom. The number of benzene rings is 2. The van der Waals surface area contributed by atoms with Crippen LogP contribution in [0.5, 0.6) is 5.75 Å². The molecule has 2 aromatic carbocycles. The molecule has 0 bridgehead atoms. The van der Waals surface area contributed by atoms with Gasteiger partial charge in [-0.25, -0.2) is 9.97 Å². The van der Waals surface area contributed by atoms with Crippen LogP contribution in [0.25, 0.3) is 27.8 Å².